The van der Waals surface area contributed by atoms with E-state index >= 15 is 0 Å². The summed E-state index contributed by atoms with van der Waals surface area (Å²) in [5.74, 6) is 0.523. The van der Waals surface area contributed by atoms with Crippen LogP contribution < -0.4 is 0 Å². The SMILES string of the molecule is COC(=O)C[C@]12CCC(=O)C1=C(C)[C@H](C)CC2. The molecule has 2 rings (SSSR count). The molecule has 0 bridgehead atoms. The second-order valence-electron chi connectivity index (χ2n) is 5.45. The van der Waals surface area contributed by atoms with Gasteiger partial charge in [-0.05, 0) is 32.1 Å². The third kappa shape index (κ3) is 1.92. The molecule has 2 atom stereocenters. The Morgan fingerprint density at radius 3 is 2.82 bits per heavy atom. The molecule has 2 aliphatic carbocycles. The van der Waals surface area contributed by atoms with E-state index in [2.05, 4.69) is 13.8 Å². The Labute approximate surface area is 102 Å². The molecular formula is C14H20O3. The summed E-state index contributed by atoms with van der Waals surface area (Å²) < 4.78 is 4.78. The summed E-state index contributed by atoms with van der Waals surface area (Å²) in [6.45, 7) is 4.21. The number of rotatable bonds is 2. The van der Waals surface area contributed by atoms with Crippen molar-refractivity contribution in [2.75, 3.05) is 7.11 Å². The average Bonchev–Trinajstić information content (AvgIpc) is 2.63. The lowest BCUT2D eigenvalue weighted by Gasteiger charge is -2.37. The predicted octanol–water partition coefficient (Wildman–Crippen LogP) is 2.65. The molecule has 0 aliphatic heterocycles. The lowest BCUT2D eigenvalue weighted by atomic mass is 9.67. The van der Waals surface area contributed by atoms with Crippen molar-refractivity contribution in [3.05, 3.63) is 11.1 Å². The largest absolute Gasteiger partial charge is 0.469 e. The highest BCUT2D eigenvalue weighted by Crippen LogP contribution is 2.53. The van der Waals surface area contributed by atoms with Gasteiger partial charge in [0, 0.05) is 17.4 Å². The minimum absolute atomic E-state index is 0.195. The van der Waals surface area contributed by atoms with Crippen molar-refractivity contribution in [2.45, 2.75) is 46.0 Å². The molecule has 0 N–H and O–H groups in total. The highest BCUT2D eigenvalue weighted by atomic mass is 16.5. The van der Waals surface area contributed by atoms with Gasteiger partial charge in [0.2, 0.25) is 0 Å². The van der Waals surface area contributed by atoms with Crippen LogP contribution in [0.4, 0.5) is 0 Å². The number of allylic oxidation sites excluding steroid dienone is 2. The van der Waals surface area contributed by atoms with Crippen molar-refractivity contribution >= 4 is 11.8 Å². The number of Topliss-reactive ketones (excluding diaryl/α,β-unsaturated/α-hetero) is 1. The zero-order chi connectivity index (χ0) is 12.6. The standard InChI is InChI=1S/C14H20O3/c1-9-4-6-14(8-12(16)17-3)7-5-11(15)13(14)10(9)2/h9H,4-8H2,1-3H3/t9-,14+/m1/s1. The number of carbonyl (C=O) groups is 2. The molecule has 94 valence electrons. The van der Waals surface area contributed by atoms with E-state index in [0.717, 1.165) is 24.8 Å². The monoisotopic (exact) mass is 236 g/mol. The fourth-order valence-electron chi connectivity index (χ4n) is 3.36. The molecule has 0 unspecified atom stereocenters. The molecule has 0 aromatic heterocycles. The van der Waals surface area contributed by atoms with E-state index in [1.807, 2.05) is 0 Å². The number of ether oxygens (including phenoxy) is 1. The number of hydrogen-bond acceptors (Lipinski definition) is 3. The third-order valence-electron chi connectivity index (χ3n) is 4.54. The van der Waals surface area contributed by atoms with Gasteiger partial charge < -0.3 is 4.74 Å². The van der Waals surface area contributed by atoms with Crippen molar-refractivity contribution in [1.82, 2.24) is 0 Å². The van der Waals surface area contributed by atoms with Crippen molar-refractivity contribution < 1.29 is 14.3 Å². The van der Waals surface area contributed by atoms with Gasteiger partial charge in [-0.2, -0.15) is 0 Å². The Morgan fingerprint density at radius 2 is 2.18 bits per heavy atom. The highest BCUT2D eigenvalue weighted by molar-refractivity contribution is 6.00. The Balaban J connectivity index is 2.39. The van der Waals surface area contributed by atoms with Gasteiger partial charge >= 0.3 is 5.97 Å². The van der Waals surface area contributed by atoms with Crippen LogP contribution in [0.3, 0.4) is 0 Å². The van der Waals surface area contributed by atoms with Crippen LogP contribution in [0.15, 0.2) is 11.1 Å². The molecule has 0 saturated heterocycles. The lowest BCUT2D eigenvalue weighted by Crippen LogP contribution is -2.30. The van der Waals surface area contributed by atoms with Crippen molar-refractivity contribution in [1.29, 1.82) is 0 Å². The van der Waals surface area contributed by atoms with Gasteiger partial charge in [0.05, 0.1) is 13.5 Å². The molecule has 0 amide bonds. The number of fused-ring (bicyclic) bond motifs is 1. The summed E-state index contributed by atoms with van der Waals surface area (Å²) >= 11 is 0. The first-order chi connectivity index (χ1) is 8.00. The Hall–Kier alpha value is -1.12. The summed E-state index contributed by atoms with van der Waals surface area (Å²) in [5.41, 5.74) is 1.94. The molecule has 0 heterocycles. The minimum atomic E-state index is -0.208. The Bertz CT molecular complexity index is 394. The molecule has 2 aliphatic rings. The van der Waals surface area contributed by atoms with Crippen LogP contribution in [0.2, 0.25) is 0 Å². The smallest absolute Gasteiger partial charge is 0.306 e. The molecule has 17 heavy (non-hydrogen) atoms. The van der Waals surface area contributed by atoms with Crippen molar-refractivity contribution in [2.24, 2.45) is 11.3 Å². The van der Waals surface area contributed by atoms with Gasteiger partial charge in [0.15, 0.2) is 5.78 Å². The number of methoxy groups -OCH3 is 1. The van der Waals surface area contributed by atoms with E-state index < -0.39 is 0 Å². The summed E-state index contributed by atoms with van der Waals surface area (Å²) in [6, 6.07) is 0. The molecule has 1 saturated carbocycles. The molecule has 0 spiro atoms. The summed E-state index contributed by atoms with van der Waals surface area (Å²) in [6.07, 6.45) is 3.80. The van der Waals surface area contributed by atoms with E-state index in [9.17, 15) is 9.59 Å². The van der Waals surface area contributed by atoms with E-state index in [1.54, 1.807) is 0 Å². The molecular weight excluding hydrogens is 216 g/mol. The maximum absolute atomic E-state index is 12.0. The third-order valence-corrected chi connectivity index (χ3v) is 4.54. The second kappa shape index (κ2) is 4.28. The normalized spacial score (nSPS) is 32.6. The van der Waals surface area contributed by atoms with Crippen molar-refractivity contribution in [3.63, 3.8) is 0 Å². The molecule has 0 radical (unpaired) electrons. The topological polar surface area (TPSA) is 43.4 Å². The van der Waals surface area contributed by atoms with Gasteiger partial charge in [-0.15, -0.1) is 0 Å². The Morgan fingerprint density at radius 1 is 1.47 bits per heavy atom. The highest BCUT2D eigenvalue weighted by Gasteiger charge is 2.48. The maximum atomic E-state index is 12.0. The molecule has 1 fully saturated rings. The van der Waals surface area contributed by atoms with Gasteiger partial charge in [-0.1, -0.05) is 12.5 Å². The van der Waals surface area contributed by atoms with Crippen molar-refractivity contribution in [3.8, 4) is 0 Å². The zero-order valence-electron chi connectivity index (χ0n) is 10.8. The van der Waals surface area contributed by atoms with Crippen LogP contribution in [0.5, 0.6) is 0 Å². The van der Waals surface area contributed by atoms with Crippen LogP contribution in [0.25, 0.3) is 0 Å². The fourth-order valence-corrected chi connectivity index (χ4v) is 3.36. The summed E-state index contributed by atoms with van der Waals surface area (Å²) in [7, 11) is 1.41. The average molecular weight is 236 g/mol. The van der Waals surface area contributed by atoms with Crippen LogP contribution in [0.1, 0.15) is 46.0 Å². The van der Waals surface area contributed by atoms with Crippen LogP contribution in [-0.4, -0.2) is 18.9 Å². The van der Waals surface area contributed by atoms with E-state index in [-0.39, 0.29) is 17.2 Å². The summed E-state index contributed by atoms with van der Waals surface area (Å²) in [5, 5.41) is 0. The predicted molar refractivity (Wildman–Crippen MR) is 64.4 cm³/mol. The lowest BCUT2D eigenvalue weighted by molar-refractivity contribution is -0.143. The first-order valence-electron chi connectivity index (χ1n) is 6.31. The summed E-state index contributed by atoms with van der Waals surface area (Å²) in [4.78, 5) is 23.6. The second-order valence-corrected chi connectivity index (χ2v) is 5.45. The number of esters is 1. The molecule has 0 aromatic rings. The van der Waals surface area contributed by atoms with Gasteiger partial charge in [-0.3, -0.25) is 9.59 Å². The number of ketones is 1. The maximum Gasteiger partial charge on any atom is 0.306 e. The number of hydrogen-bond donors (Lipinski definition) is 0. The first-order valence-corrected chi connectivity index (χ1v) is 6.31. The van der Waals surface area contributed by atoms with Gasteiger partial charge in [0.25, 0.3) is 0 Å². The van der Waals surface area contributed by atoms with E-state index in [0.29, 0.717) is 18.8 Å². The quantitative estimate of drug-likeness (QED) is 0.692. The first kappa shape index (κ1) is 12.3. The van der Waals surface area contributed by atoms with Gasteiger partial charge in [-0.25, -0.2) is 0 Å². The van der Waals surface area contributed by atoms with Gasteiger partial charge in [0.1, 0.15) is 0 Å². The molecule has 0 aromatic carbocycles. The number of carbonyl (C=O) groups excluding carboxylic acids is 2. The minimum Gasteiger partial charge on any atom is -0.469 e. The van der Waals surface area contributed by atoms with Crippen LogP contribution in [-0.2, 0) is 14.3 Å². The van der Waals surface area contributed by atoms with E-state index in [1.165, 1.54) is 12.7 Å². The van der Waals surface area contributed by atoms with E-state index in [4.69, 9.17) is 4.74 Å². The Kier molecular flexibility index (Phi) is 3.11. The fraction of sp³-hybridized carbons (Fsp3) is 0.714. The van der Waals surface area contributed by atoms with Crippen LogP contribution in [0, 0.1) is 11.3 Å². The molecule has 3 heteroatoms. The van der Waals surface area contributed by atoms with Crippen LogP contribution >= 0.6 is 0 Å². The zero-order valence-corrected chi connectivity index (χ0v) is 10.8. The molecule has 3 nitrogen and oxygen atoms in total.